The molecule has 1 aromatic heterocycles. The molecule has 1 aliphatic rings. The van der Waals surface area contributed by atoms with E-state index in [2.05, 4.69) is 6.07 Å². The van der Waals surface area contributed by atoms with Crippen molar-refractivity contribution in [2.45, 2.75) is 83.3 Å². The van der Waals surface area contributed by atoms with E-state index >= 15 is 0 Å². The Balaban J connectivity index is 1.61. The van der Waals surface area contributed by atoms with Crippen LogP contribution in [0.1, 0.15) is 69.6 Å². The van der Waals surface area contributed by atoms with Gasteiger partial charge in [-0.3, -0.25) is 9.59 Å². The Morgan fingerprint density at radius 3 is 2.93 bits per heavy atom. The fraction of sp³-hybridized carbons (Fsp3) is 0.714. The van der Waals surface area contributed by atoms with E-state index in [0.29, 0.717) is 25.9 Å². The first-order valence-corrected chi connectivity index (χ1v) is 11.1. The van der Waals surface area contributed by atoms with Crippen molar-refractivity contribution >= 4 is 23.2 Å². The van der Waals surface area contributed by atoms with E-state index < -0.39 is 0 Å². The lowest BCUT2D eigenvalue weighted by atomic mass is 10.0. The molecule has 1 saturated heterocycles. The Morgan fingerprint density at radius 1 is 1.37 bits per heavy atom. The number of hydrogen-bond donors (Lipinski definition) is 1. The van der Waals surface area contributed by atoms with Gasteiger partial charge in [-0.2, -0.15) is 0 Å². The van der Waals surface area contributed by atoms with Crippen molar-refractivity contribution in [3.05, 3.63) is 22.4 Å². The quantitative estimate of drug-likeness (QED) is 0.406. The molecule has 0 saturated carbocycles. The highest BCUT2D eigenvalue weighted by Gasteiger charge is 2.30. The standard InChI is InChI=1S/C21H33NO4S/c1-2-26-21(25)9-5-3-4-6-14-22-17(11-13-20(22)24)10-12-18(23)16-19-8-7-15-27-19/h7-8,15,17-18,23H,2-6,9-14,16H2,1H3. The number of rotatable bonds is 13. The maximum absolute atomic E-state index is 12.2. The third-order valence-corrected chi connectivity index (χ3v) is 6.04. The topological polar surface area (TPSA) is 66.8 Å². The largest absolute Gasteiger partial charge is 0.466 e. The molecule has 0 aromatic carbocycles. The molecular weight excluding hydrogens is 362 g/mol. The summed E-state index contributed by atoms with van der Waals surface area (Å²) in [6.45, 7) is 3.06. The van der Waals surface area contributed by atoms with Gasteiger partial charge in [-0.05, 0) is 50.5 Å². The van der Waals surface area contributed by atoms with Gasteiger partial charge in [0.05, 0.1) is 12.7 Å². The average Bonchev–Trinajstić information content (AvgIpc) is 3.26. The summed E-state index contributed by atoms with van der Waals surface area (Å²) in [6, 6.07) is 4.34. The third-order valence-electron chi connectivity index (χ3n) is 5.14. The van der Waals surface area contributed by atoms with Crippen molar-refractivity contribution in [1.29, 1.82) is 0 Å². The molecule has 0 aliphatic carbocycles. The highest BCUT2D eigenvalue weighted by Crippen LogP contribution is 2.25. The second-order valence-corrected chi connectivity index (χ2v) is 8.30. The summed E-state index contributed by atoms with van der Waals surface area (Å²) in [5.74, 6) is 0.132. The van der Waals surface area contributed by atoms with Gasteiger partial charge in [-0.15, -0.1) is 11.3 Å². The fourth-order valence-electron chi connectivity index (χ4n) is 3.69. The van der Waals surface area contributed by atoms with Crippen LogP contribution in [0.2, 0.25) is 0 Å². The van der Waals surface area contributed by atoms with Gasteiger partial charge in [-0.1, -0.05) is 18.9 Å². The molecule has 0 spiro atoms. The molecule has 1 aromatic rings. The lowest BCUT2D eigenvalue weighted by Crippen LogP contribution is -2.34. The van der Waals surface area contributed by atoms with E-state index in [-0.39, 0.29) is 24.0 Å². The highest BCUT2D eigenvalue weighted by molar-refractivity contribution is 7.09. The van der Waals surface area contributed by atoms with Crippen LogP contribution in [0.5, 0.6) is 0 Å². The van der Waals surface area contributed by atoms with Crippen LogP contribution in [0.4, 0.5) is 0 Å². The van der Waals surface area contributed by atoms with E-state index in [1.54, 1.807) is 11.3 Å². The van der Waals surface area contributed by atoms with Gasteiger partial charge in [-0.25, -0.2) is 0 Å². The summed E-state index contributed by atoms with van der Waals surface area (Å²) in [7, 11) is 0. The monoisotopic (exact) mass is 395 g/mol. The van der Waals surface area contributed by atoms with Gasteiger partial charge < -0.3 is 14.7 Å². The molecule has 2 atom stereocenters. The van der Waals surface area contributed by atoms with E-state index in [1.165, 1.54) is 4.88 Å². The summed E-state index contributed by atoms with van der Waals surface area (Å²) >= 11 is 1.68. The van der Waals surface area contributed by atoms with Crippen molar-refractivity contribution in [2.75, 3.05) is 13.2 Å². The molecule has 1 fully saturated rings. The van der Waals surface area contributed by atoms with Gasteiger partial charge in [0.2, 0.25) is 5.91 Å². The van der Waals surface area contributed by atoms with Crippen molar-refractivity contribution in [1.82, 2.24) is 4.90 Å². The molecule has 152 valence electrons. The Labute approximate surface area is 166 Å². The van der Waals surface area contributed by atoms with Crippen LogP contribution in [-0.4, -0.2) is 47.2 Å². The molecule has 0 radical (unpaired) electrons. The summed E-state index contributed by atoms with van der Waals surface area (Å²) in [6.07, 6.45) is 7.87. The number of esters is 1. The highest BCUT2D eigenvalue weighted by atomic mass is 32.1. The number of ether oxygens (including phenoxy) is 1. The van der Waals surface area contributed by atoms with Crippen LogP contribution in [0, 0.1) is 0 Å². The number of carbonyl (C=O) groups excluding carboxylic acids is 2. The lowest BCUT2D eigenvalue weighted by Gasteiger charge is -2.25. The molecule has 2 heterocycles. The van der Waals surface area contributed by atoms with E-state index in [0.717, 1.165) is 51.5 Å². The molecule has 2 rings (SSSR count). The average molecular weight is 396 g/mol. The Bertz CT molecular complexity index is 561. The van der Waals surface area contributed by atoms with Gasteiger partial charge >= 0.3 is 5.97 Å². The molecule has 27 heavy (non-hydrogen) atoms. The first-order valence-electron chi connectivity index (χ1n) is 10.3. The van der Waals surface area contributed by atoms with Crippen LogP contribution in [0.25, 0.3) is 0 Å². The normalized spacial score (nSPS) is 18.1. The second-order valence-electron chi connectivity index (χ2n) is 7.26. The minimum absolute atomic E-state index is 0.117. The molecule has 1 N–H and O–H groups in total. The maximum atomic E-state index is 12.2. The number of aliphatic hydroxyl groups excluding tert-OH is 1. The van der Waals surface area contributed by atoms with E-state index in [9.17, 15) is 14.7 Å². The second kappa shape index (κ2) is 12.1. The number of thiophene rings is 1. The minimum Gasteiger partial charge on any atom is -0.466 e. The number of likely N-dealkylation sites (tertiary alicyclic amines) is 1. The SMILES string of the molecule is CCOC(=O)CCCCCCN1C(=O)CCC1CCC(O)Cc1cccs1. The zero-order valence-electron chi connectivity index (χ0n) is 16.4. The van der Waals surface area contributed by atoms with Gasteiger partial charge in [0.25, 0.3) is 0 Å². The molecule has 2 unspecified atom stereocenters. The first-order chi connectivity index (χ1) is 13.1. The summed E-state index contributed by atoms with van der Waals surface area (Å²) in [4.78, 5) is 26.7. The number of aliphatic hydroxyl groups is 1. The van der Waals surface area contributed by atoms with Crippen molar-refractivity contribution < 1.29 is 19.4 Å². The smallest absolute Gasteiger partial charge is 0.305 e. The number of nitrogens with zero attached hydrogens (tertiary/aromatic N) is 1. The number of hydrogen-bond acceptors (Lipinski definition) is 5. The lowest BCUT2D eigenvalue weighted by molar-refractivity contribution is -0.143. The van der Waals surface area contributed by atoms with Gasteiger partial charge in [0.1, 0.15) is 0 Å². The summed E-state index contributed by atoms with van der Waals surface area (Å²) in [5.41, 5.74) is 0. The summed E-state index contributed by atoms with van der Waals surface area (Å²) in [5, 5.41) is 12.3. The van der Waals surface area contributed by atoms with Crippen molar-refractivity contribution in [3.8, 4) is 0 Å². The van der Waals surface area contributed by atoms with Crippen molar-refractivity contribution in [2.24, 2.45) is 0 Å². The van der Waals surface area contributed by atoms with E-state index in [4.69, 9.17) is 4.74 Å². The molecule has 1 aliphatic heterocycles. The van der Waals surface area contributed by atoms with Crippen LogP contribution >= 0.6 is 11.3 Å². The fourth-order valence-corrected chi connectivity index (χ4v) is 4.46. The number of amides is 1. The minimum atomic E-state index is -0.330. The third kappa shape index (κ3) is 8.01. The van der Waals surface area contributed by atoms with E-state index in [1.807, 2.05) is 23.3 Å². The van der Waals surface area contributed by atoms with Crippen LogP contribution < -0.4 is 0 Å². The Kier molecular flexibility index (Phi) is 9.84. The van der Waals surface area contributed by atoms with Crippen LogP contribution in [-0.2, 0) is 20.7 Å². The van der Waals surface area contributed by atoms with Gasteiger partial charge in [0.15, 0.2) is 0 Å². The Hall–Kier alpha value is -1.40. The Morgan fingerprint density at radius 2 is 2.19 bits per heavy atom. The zero-order chi connectivity index (χ0) is 19.5. The molecule has 0 bridgehead atoms. The van der Waals surface area contributed by atoms with Crippen LogP contribution in [0.3, 0.4) is 0 Å². The number of unbranched alkanes of at least 4 members (excludes halogenated alkanes) is 3. The predicted molar refractivity (Wildman–Crippen MR) is 108 cm³/mol. The zero-order valence-corrected chi connectivity index (χ0v) is 17.2. The first kappa shape index (κ1) is 21.9. The number of carbonyl (C=O) groups is 2. The molecule has 6 heteroatoms. The summed E-state index contributed by atoms with van der Waals surface area (Å²) < 4.78 is 4.93. The molecule has 5 nitrogen and oxygen atoms in total. The van der Waals surface area contributed by atoms with Crippen molar-refractivity contribution in [3.63, 3.8) is 0 Å². The molecule has 1 amide bonds. The predicted octanol–water partition coefficient (Wildman–Crippen LogP) is 3.94. The van der Waals surface area contributed by atoms with Gasteiger partial charge in [0, 0.05) is 36.7 Å². The van der Waals surface area contributed by atoms with Crippen LogP contribution in [0.15, 0.2) is 17.5 Å². The maximum Gasteiger partial charge on any atom is 0.305 e. The molecular formula is C21H33NO4S.